The van der Waals surface area contributed by atoms with Crippen molar-refractivity contribution in [2.45, 2.75) is 13.3 Å². The number of amides is 1. The van der Waals surface area contributed by atoms with E-state index in [0.717, 1.165) is 12.0 Å². The molecule has 0 atom stereocenters. The van der Waals surface area contributed by atoms with E-state index in [1.165, 1.54) is 6.92 Å². The van der Waals surface area contributed by atoms with Crippen molar-refractivity contribution in [2.75, 3.05) is 19.4 Å². The van der Waals surface area contributed by atoms with Crippen molar-refractivity contribution in [2.24, 2.45) is 0 Å². The number of ether oxygens (including phenoxy) is 1. The van der Waals surface area contributed by atoms with Crippen LogP contribution >= 0.6 is 0 Å². The van der Waals surface area contributed by atoms with E-state index in [-0.39, 0.29) is 5.91 Å². The first kappa shape index (κ1) is 13.0. The molecule has 3 N–H and O–H groups in total. The quantitative estimate of drug-likeness (QED) is 0.752. The van der Waals surface area contributed by atoms with Gasteiger partial charge < -0.3 is 15.8 Å². The van der Waals surface area contributed by atoms with Gasteiger partial charge in [-0.3, -0.25) is 4.79 Å². The van der Waals surface area contributed by atoms with E-state index in [0.29, 0.717) is 18.1 Å². The fraction of sp³-hybridized carbons (Fsp3) is 0.333. The van der Waals surface area contributed by atoms with Gasteiger partial charge in [-0.25, -0.2) is 4.98 Å². The van der Waals surface area contributed by atoms with Gasteiger partial charge in [0.25, 0.3) is 0 Å². The molecular weight excluding hydrogens is 218 g/mol. The summed E-state index contributed by atoms with van der Waals surface area (Å²) in [5.41, 5.74) is 7.06. The second kappa shape index (κ2) is 6.52. The molecule has 0 aliphatic rings. The van der Waals surface area contributed by atoms with Crippen LogP contribution in [-0.4, -0.2) is 24.5 Å². The Hall–Kier alpha value is -2.04. The second-order valence-corrected chi connectivity index (χ2v) is 3.54. The first-order valence-corrected chi connectivity index (χ1v) is 5.34. The number of pyridine rings is 1. The largest absolute Gasteiger partial charge is 0.481 e. The van der Waals surface area contributed by atoms with Crippen molar-refractivity contribution < 1.29 is 9.53 Å². The Morgan fingerprint density at radius 3 is 3.06 bits per heavy atom. The molecule has 1 amide bonds. The Morgan fingerprint density at radius 2 is 2.41 bits per heavy atom. The van der Waals surface area contributed by atoms with Crippen molar-refractivity contribution in [3.05, 3.63) is 23.9 Å². The first-order valence-electron chi connectivity index (χ1n) is 5.34. The highest BCUT2D eigenvalue weighted by atomic mass is 16.5. The van der Waals surface area contributed by atoms with E-state index in [1.807, 2.05) is 12.2 Å². The summed E-state index contributed by atoms with van der Waals surface area (Å²) in [7, 11) is 1.56. The lowest BCUT2D eigenvalue weighted by atomic mass is 10.2. The third kappa shape index (κ3) is 4.55. The molecule has 0 fully saturated rings. The molecule has 1 aromatic rings. The summed E-state index contributed by atoms with van der Waals surface area (Å²) in [4.78, 5) is 14.7. The Kier molecular flexibility index (Phi) is 5.00. The Bertz CT molecular complexity index is 416. The van der Waals surface area contributed by atoms with Gasteiger partial charge >= 0.3 is 0 Å². The summed E-state index contributed by atoms with van der Waals surface area (Å²) < 4.78 is 5.11. The van der Waals surface area contributed by atoms with Gasteiger partial charge in [-0.05, 0) is 12.5 Å². The predicted octanol–water partition coefficient (Wildman–Crippen LogP) is 1.21. The van der Waals surface area contributed by atoms with Gasteiger partial charge in [0.15, 0.2) is 0 Å². The predicted molar refractivity (Wildman–Crippen MR) is 67.5 cm³/mol. The van der Waals surface area contributed by atoms with Crippen LogP contribution in [0.25, 0.3) is 6.08 Å². The number of hydrogen-bond donors (Lipinski definition) is 2. The van der Waals surface area contributed by atoms with E-state index < -0.39 is 0 Å². The molecule has 0 aliphatic carbocycles. The molecular formula is C12H17N3O2. The minimum Gasteiger partial charge on any atom is -0.481 e. The molecule has 0 aliphatic heterocycles. The van der Waals surface area contributed by atoms with Gasteiger partial charge in [0.2, 0.25) is 11.8 Å². The molecule has 0 unspecified atom stereocenters. The number of hydrogen-bond acceptors (Lipinski definition) is 4. The average Bonchev–Trinajstić information content (AvgIpc) is 2.28. The molecule has 0 spiro atoms. The lowest BCUT2D eigenvalue weighted by Gasteiger charge is -2.04. The highest BCUT2D eigenvalue weighted by Crippen LogP contribution is 2.18. The minimum atomic E-state index is -0.0263. The van der Waals surface area contributed by atoms with Crippen LogP contribution in [0.2, 0.25) is 0 Å². The Morgan fingerprint density at radius 1 is 1.65 bits per heavy atom. The van der Waals surface area contributed by atoms with Crippen molar-refractivity contribution in [1.82, 2.24) is 10.3 Å². The van der Waals surface area contributed by atoms with Crippen molar-refractivity contribution >= 4 is 17.7 Å². The summed E-state index contributed by atoms with van der Waals surface area (Å²) in [6.07, 6.45) is 6.12. The van der Waals surface area contributed by atoms with Gasteiger partial charge in [-0.15, -0.1) is 0 Å². The SMILES string of the molecule is COc1ncc(N)cc1C=CCCNC(C)=O. The number of nitrogens with two attached hydrogens (primary N) is 1. The molecule has 1 heterocycles. The molecule has 0 radical (unpaired) electrons. The number of rotatable bonds is 5. The average molecular weight is 235 g/mol. The van der Waals surface area contributed by atoms with Gasteiger partial charge in [-0.2, -0.15) is 0 Å². The summed E-state index contributed by atoms with van der Waals surface area (Å²) in [6, 6.07) is 1.79. The van der Waals surface area contributed by atoms with Crippen molar-refractivity contribution in [3.63, 3.8) is 0 Å². The van der Waals surface area contributed by atoms with Crippen LogP contribution in [0.5, 0.6) is 5.88 Å². The molecule has 17 heavy (non-hydrogen) atoms. The van der Waals surface area contributed by atoms with Crippen LogP contribution in [0.4, 0.5) is 5.69 Å². The van der Waals surface area contributed by atoms with E-state index in [2.05, 4.69) is 10.3 Å². The van der Waals surface area contributed by atoms with Crippen LogP contribution in [0.3, 0.4) is 0 Å². The molecule has 1 aromatic heterocycles. The maximum absolute atomic E-state index is 10.6. The lowest BCUT2D eigenvalue weighted by molar-refractivity contribution is -0.118. The molecule has 0 saturated heterocycles. The molecule has 0 aromatic carbocycles. The minimum absolute atomic E-state index is 0.0263. The zero-order chi connectivity index (χ0) is 12.7. The summed E-state index contributed by atoms with van der Waals surface area (Å²) in [5.74, 6) is 0.511. The summed E-state index contributed by atoms with van der Waals surface area (Å²) in [5, 5.41) is 2.71. The number of nitrogen functional groups attached to an aromatic ring is 1. The standard InChI is InChI=1S/C12H17N3O2/c1-9(16)14-6-4-3-5-10-7-11(13)8-15-12(10)17-2/h3,5,7-8H,4,6,13H2,1-2H3,(H,14,16). The maximum atomic E-state index is 10.6. The lowest BCUT2D eigenvalue weighted by Crippen LogP contribution is -2.20. The monoisotopic (exact) mass is 235 g/mol. The van der Waals surface area contributed by atoms with E-state index in [9.17, 15) is 4.79 Å². The first-order chi connectivity index (χ1) is 8.13. The highest BCUT2D eigenvalue weighted by molar-refractivity contribution is 5.72. The normalized spacial score (nSPS) is 10.5. The smallest absolute Gasteiger partial charge is 0.220 e. The fourth-order valence-corrected chi connectivity index (χ4v) is 1.32. The number of aromatic nitrogens is 1. The molecule has 0 saturated carbocycles. The fourth-order valence-electron chi connectivity index (χ4n) is 1.32. The number of nitrogens with zero attached hydrogens (tertiary/aromatic N) is 1. The van der Waals surface area contributed by atoms with E-state index in [1.54, 1.807) is 19.4 Å². The van der Waals surface area contributed by atoms with Crippen LogP contribution in [0.1, 0.15) is 18.9 Å². The van der Waals surface area contributed by atoms with Crippen LogP contribution < -0.4 is 15.8 Å². The zero-order valence-electron chi connectivity index (χ0n) is 10.1. The topological polar surface area (TPSA) is 77.2 Å². The van der Waals surface area contributed by atoms with Gasteiger partial charge in [0.1, 0.15) is 0 Å². The zero-order valence-corrected chi connectivity index (χ0v) is 10.1. The van der Waals surface area contributed by atoms with Gasteiger partial charge in [0, 0.05) is 19.0 Å². The van der Waals surface area contributed by atoms with E-state index >= 15 is 0 Å². The van der Waals surface area contributed by atoms with Crippen LogP contribution in [-0.2, 0) is 4.79 Å². The number of nitrogens with one attached hydrogen (secondary N) is 1. The second-order valence-electron chi connectivity index (χ2n) is 3.54. The number of carbonyl (C=O) groups is 1. The van der Waals surface area contributed by atoms with Gasteiger partial charge in [0.05, 0.1) is 19.0 Å². The molecule has 5 heteroatoms. The third-order valence-electron chi connectivity index (χ3n) is 2.08. The molecule has 5 nitrogen and oxygen atoms in total. The summed E-state index contributed by atoms with van der Waals surface area (Å²) >= 11 is 0. The third-order valence-corrected chi connectivity index (χ3v) is 2.08. The molecule has 92 valence electrons. The van der Waals surface area contributed by atoms with E-state index in [4.69, 9.17) is 10.5 Å². The number of anilines is 1. The van der Waals surface area contributed by atoms with Crippen molar-refractivity contribution in [3.8, 4) is 5.88 Å². The number of methoxy groups -OCH3 is 1. The Balaban J connectivity index is 2.57. The summed E-state index contributed by atoms with van der Waals surface area (Å²) in [6.45, 7) is 2.11. The molecule has 0 bridgehead atoms. The van der Waals surface area contributed by atoms with Crippen LogP contribution in [0, 0.1) is 0 Å². The van der Waals surface area contributed by atoms with Crippen LogP contribution in [0.15, 0.2) is 18.3 Å². The van der Waals surface area contributed by atoms with Crippen molar-refractivity contribution in [1.29, 1.82) is 0 Å². The molecule has 1 rings (SSSR count). The highest BCUT2D eigenvalue weighted by Gasteiger charge is 2.00. The number of carbonyl (C=O) groups excluding carboxylic acids is 1. The Labute approximate surface area is 101 Å². The van der Waals surface area contributed by atoms with Gasteiger partial charge in [-0.1, -0.05) is 12.2 Å². The maximum Gasteiger partial charge on any atom is 0.220 e.